The average Bonchev–Trinajstić information content (AvgIpc) is 2.38. The average molecular weight is 246 g/mol. The van der Waals surface area contributed by atoms with Gasteiger partial charge in [-0.25, -0.2) is 0 Å². The van der Waals surface area contributed by atoms with Crippen molar-refractivity contribution in [3.63, 3.8) is 0 Å². The molecular formula is C15H22N2O. The Bertz CT molecular complexity index is 442. The molecular weight excluding hydrogens is 224 g/mol. The lowest BCUT2D eigenvalue weighted by molar-refractivity contribution is 0.0559. The number of fused-ring (bicyclic) bond motifs is 1. The van der Waals surface area contributed by atoms with E-state index in [1.54, 1.807) is 0 Å². The van der Waals surface area contributed by atoms with E-state index >= 15 is 0 Å². The van der Waals surface area contributed by atoms with Gasteiger partial charge in [-0.3, -0.25) is 4.79 Å². The second kappa shape index (κ2) is 5.11. The lowest BCUT2D eigenvalue weighted by Crippen LogP contribution is -2.52. The van der Waals surface area contributed by atoms with Crippen LogP contribution in [0.4, 0.5) is 0 Å². The van der Waals surface area contributed by atoms with E-state index in [4.69, 9.17) is 5.73 Å². The highest BCUT2D eigenvalue weighted by Gasteiger charge is 2.39. The standard InChI is InChI=1S/C15H22N2O/c1-4-17-14(10(2)3)13(9-16)11-7-5-6-8-12(11)15(17)18/h5-8,10,13-14H,4,9,16H2,1-3H3/t13-,14+/m1/s1. The molecule has 3 heteroatoms. The van der Waals surface area contributed by atoms with Gasteiger partial charge in [0.15, 0.2) is 0 Å². The van der Waals surface area contributed by atoms with E-state index in [0.29, 0.717) is 12.5 Å². The zero-order valence-electron chi connectivity index (χ0n) is 11.4. The zero-order valence-corrected chi connectivity index (χ0v) is 11.4. The molecule has 0 aliphatic carbocycles. The van der Waals surface area contributed by atoms with Crippen molar-refractivity contribution < 1.29 is 4.79 Å². The van der Waals surface area contributed by atoms with Crippen LogP contribution in [0.1, 0.15) is 42.6 Å². The Labute approximate surface area is 109 Å². The van der Waals surface area contributed by atoms with E-state index in [2.05, 4.69) is 13.8 Å². The Balaban J connectivity index is 2.55. The topological polar surface area (TPSA) is 46.3 Å². The van der Waals surface area contributed by atoms with E-state index < -0.39 is 0 Å². The summed E-state index contributed by atoms with van der Waals surface area (Å²) in [7, 11) is 0. The third kappa shape index (κ3) is 1.93. The van der Waals surface area contributed by atoms with Gasteiger partial charge in [0.2, 0.25) is 0 Å². The van der Waals surface area contributed by atoms with Crippen molar-refractivity contribution in [2.24, 2.45) is 11.7 Å². The molecule has 0 saturated heterocycles. The molecule has 0 fully saturated rings. The minimum atomic E-state index is 0.150. The summed E-state index contributed by atoms with van der Waals surface area (Å²) in [5.41, 5.74) is 7.92. The minimum Gasteiger partial charge on any atom is -0.335 e. The summed E-state index contributed by atoms with van der Waals surface area (Å²) in [6, 6.07) is 8.09. The molecule has 18 heavy (non-hydrogen) atoms. The van der Waals surface area contributed by atoms with Crippen molar-refractivity contribution in [1.29, 1.82) is 0 Å². The number of nitrogens with two attached hydrogens (primary N) is 1. The van der Waals surface area contributed by atoms with Gasteiger partial charge in [0.05, 0.1) is 0 Å². The number of carbonyl (C=O) groups is 1. The smallest absolute Gasteiger partial charge is 0.254 e. The number of benzene rings is 1. The first kappa shape index (κ1) is 13.1. The summed E-state index contributed by atoms with van der Waals surface area (Å²) in [5.74, 6) is 0.811. The summed E-state index contributed by atoms with van der Waals surface area (Å²) in [4.78, 5) is 14.5. The zero-order chi connectivity index (χ0) is 13.3. The van der Waals surface area contributed by atoms with Crippen molar-refractivity contribution in [2.75, 3.05) is 13.1 Å². The van der Waals surface area contributed by atoms with Crippen LogP contribution in [0.15, 0.2) is 24.3 Å². The number of nitrogens with zero attached hydrogens (tertiary/aromatic N) is 1. The van der Waals surface area contributed by atoms with Crippen LogP contribution in [0.3, 0.4) is 0 Å². The largest absolute Gasteiger partial charge is 0.335 e. The lowest BCUT2D eigenvalue weighted by Gasteiger charge is -2.43. The Morgan fingerprint density at radius 2 is 2.00 bits per heavy atom. The van der Waals surface area contributed by atoms with Crippen molar-refractivity contribution >= 4 is 5.91 Å². The Kier molecular flexibility index (Phi) is 3.71. The first-order valence-corrected chi connectivity index (χ1v) is 6.71. The van der Waals surface area contributed by atoms with Crippen LogP contribution in [0.2, 0.25) is 0 Å². The maximum absolute atomic E-state index is 12.5. The highest BCUT2D eigenvalue weighted by atomic mass is 16.2. The molecule has 98 valence electrons. The molecule has 0 bridgehead atoms. The summed E-state index contributed by atoms with van der Waals surface area (Å²) >= 11 is 0. The number of hydrogen-bond donors (Lipinski definition) is 1. The number of rotatable bonds is 3. The van der Waals surface area contributed by atoms with Gasteiger partial charge in [0, 0.05) is 30.6 Å². The van der Waals surface area contributed by atoms with Crippen LogP contribution in [-0.2, 0) is 0 Å². The molecule has 1 aromatic carbocycles. The second-order valence-corrected chi connectivity index (χ2v) is 5.26. The van der Waals surface area contributed by atoms with Gasteiger partial charge in [-0.1, -0.05) is 32.0 Å². The fourth-order valence-corrected chi connectivity index (χ4v) is 3.15. The third-order valence-corrected chi connectivity index (χ3v) is 3.90. The highest BCUT2D eigenvalue weighted by molar-refractivity contribution is 5.97. The number of carbonyl (C=O) groups excluding carboxylic acids is 1. The molecule has 2 N–H and O–H groups in total. The number of likely N-dealkylation sites (N-methyl/N-ethyl adjacent to an activating group) is 1. The minimum absolute atomic E-state index is 0.150. The van der Waals surface area contributed by atoms with E-state index in [1.165, 1.54) is 0 Å². The molecule has 1 heterocycles. The van der Waals surface area contributed by atoms with Gasteiger partial charge >= 0.3 is 0 Å². The molecule has 0 aromatic heterocycles. The molecule has 3 nitrogen and oxygen atoms in total. The van der Waals surface area contributed by atoms with Gasteiger partial charge < -0.3 is 10.6 Å². The monoisotopic (exact) mass is 246 g/mol. The molecule has 0 unspecified atom stereocenters. The molecule has 1 amide bonds. The molecule has 2 rings (SSSR count). The summed E-state index contributed by atoms with van der Waals surface area (Å²) < 4.78 is 0. The van der Waals surface area contributed by atoms with Crippen molar-refractivity contribution in [3.05, 3.63) is 35.4 Å². The summed E-state index contributed by atoms with van der Waals surface area (Å²) in [5, 5.41) is 0. The Hall–Kier alpha value is -1.35. The maximum atomic E-state index is 12.5. The second-order valence-electron chi connectivity index (χ2n) is 5.26. The van der Waals surface area contributed by atoms with Gasteiger partial charge in [-0.15, -0.1) is 0 Å². The van der Waals surface area contributed by atoms with E-state index in [9.17, 15) is 4.79 Å². The van der Waals surface area contributed by atoms with Crippen LogP contribution in [0.5, 0.6) is 0 Å². The summed E-state index contributed by atoms with van der Waals surface area (Å²) in [6.07, 6.45) is 0. The number of hydrogen-bond acceptors (Lipinski definition) is 2. The van der Waals surface area contributed by atoms with Crippen LogP contribution in [0.25, 0.3) is 0 Å². The SMILES string of the molecule is CCN1C(=O)c2ccccc2[C@@H](CN)[C@@H]1C(C)C. The molecule has 1 aliphatic rings. The van der Waals surface area contributed by atoms with Gasteiger partial charge in [-0.2, -0.15) is 0 Å². The fourth-order valence-electron chi connectivity index (χ4n) is 3.15. The van der Waals surface area contributed by atoms with Crippen molar-refractivity contribution in [1.82, 2.24) is 4.90 Å². The summed E-state index contributed by atoms with van der Waals surface area (Å²) in [6.45, 7) is 7.69. The van der Waals surface area contributed by atoms with Crippen LogP contribution in [-0.4, -0.2) is 29.9 Å². The fraction of sp³-hybridized carbons (Fsp3) is 0.533. The molecule has 0 spiro atoms. The molecule has 1 aliphatic heterocycles. The maximum Gasteiger partial charge on any atom is 0.254 e. The Morgan fingerprint density at radius 3 is 2.56 bits per heavy atom. The highest BCUT2D eigenvalue weighted by Crippen LogP contribution is 2.35. The predicted octanol–water partition coefficient (Wildman–Crippen LogP) is 2.23. The van der Waals surface area contributed by atoms with Gasteiger partial charge in [-0.05, 0) is 24.5 Å². The third-order valence-electron chi connectivity index (χ3n) is 3.90. The molecule has 0 radical (unpaired) electrons. The van der Waals surface area contributed by atoms with E-state index in [-0.39, 0.29) is 17.9 Å². The number of amides is 1. The lowest BCUT2D eigenvalue weighted by atomic mass is 9.78. The predicted molar refractivity (Wildman–Crippen MR) is 73.6 cm³/mol. The molecule has 1 aromatic rings. The first-order chi connectivity index (χ1) is 8.61. The van der Waals surface area contributed by atoms with Gasteiger partial charge in [0.1, 0.15) is 0 Å². The van der Waals surface area contributed by atoms with Crippen molar-refractivity contribution in [3.8, 4) is 0 Å². The van der Waals surface area contributed by atoms with E-state index in [0.717, 1.165) is 17.7 Å². The van der Waals surface area contributed by atoms with Gasteiger partial charge in [0.25, 0.3) is 5.91 Å². The van der Waals surface area contributed by atoms with Crippen molar-refractivity contribution in [2.45, 2.75) is 32.7 Å². The van der Waals surface area contributed by atoms with Crippen LogP contribution >= 0.6 is 0 Å². The first-order valence-electron chi connectivity index (χ1n) is 6.71. The Morgan fingerprint density at radius 1 is 1.33 bits per heavy atom. The normalized spacial score (nSPS) is 23.4. The quantitative estimate of drug-likeness (QED) is 0.889. The van der Waals surface area contributed by atoms with E-state index in [1.807, 2.05) is 36.1 Å². The van der Waals surface area contributed by atoms with Crippen LogP contribution in [0, 0.1) is 5.92 Å². The van der Waals surface area contributed by atoms with Crippen LogP contribution < -0.4 is 5.73 Å². The molecule has 2 atom stereocenters. The molecule has 0 saturated carbocycles.